The van der Waals surface area contributed by atoms with Gasteiger partial charge in [0, 0.05) is 0 Å². The van der Waals surface area contributed by atoms with E-state index in [1.165, 1.54) is 0 Å². The van der Waals surface area contributed by atoms with Crippen LogP contribution in [0, 0.1) is 0 Å². The van der Waals surface area contributed by atoms with Crippen molar-refractivity contribution in [3.63, 3.8) is 0 Å². The molecule has 2 unspecified atom stereocenters. The van der Waals surface area contributed by atoms with Crippen molar-refractivity contribution in [1.82, 2.24) is 0 Å². The fourth-order valence-electron chi connectivity index (χ4n) is 1.48. The fourth-order valence-corrected chi connectivity index (χ4v) is 2.40. The Morgan fingerprint density at radius 2 is 2.11 bits per heavy atom. The molecular formula is C11H13Br3O4. The maximum absolute atomic E-state index is 12.3. The minimum absolute atomic E-state index is 0.0620. The third-order valence-corrected chi connectivity index (χ3v) is 4.86. The lowest BCUT2D eigenvalue weighted by Gasteiger charge is -2.34. The Morgan fingerprint density at radius 1 is 1.56 bits per heavy atom. The van der Waals surface area contributed by atoms with Gasteiger partial charge in [0.25, 0.3) is 0 Å². The van der Waals surface area contributed by atoms with E-state index in [2.05, 4.69) is 47.8 Å². The van der Waals surface area contributed by atoms with Crippen molar-refractivity contribution in [2.24, 2.45) is 0 Å². The average molecular weight is 449 g/mol. The predicted molar refractivity (Wildman–Crippen MR) is 78.2 cm³/mol. The fraction of sp³-hybridized carbons (Fsp3) is 0.636. The van der Waals surface area contributed by atoms with Crippen LogP contribution in [0.2, 0.25) is 0 Å². The Labute approximate surface area is 131 Å². The molecule has 0 aromatic heterocycles. The van der Waals surface area contributed by atoms with Crippen LogP contribution in [-0.4, -0.2) is 32.5 Å². The number of rotatable bonds is 3. The highest BCUT2D eigenvalue weighted by Gasteiger charge is 2.50. The van der Waals surface area contributed by atoms with Crippen molar-refractivity contribution < 1.29 is 19.1 Å². The van der Waals surface area contributed by atoms with E-state index in [0.717, 1.165) is 0 Å². The van der Waals surface area contributed by atoms with E-state index >= 15 is 0 Å². The Morgan fingerprint density at radius 3 is 2.56 bits per heavy atom. The molecule has 4 nitrogen and oxygen atoms in total. The van der Waals surface area contributed by atoms with E-state index in [1.807, 2.05) is 0 Å². The molecular weight excluding hydrogens is 436 g/mol. The van der Waals surface area contributed by atoms with Crippen LogP contribution in [-0.2, 0) is 19.1 Å². The van der Waals surface area contributed by atoms with E-state index in [4.69, 9.17) is 9.47 Å². The average Bonchev–Trinajstić information content (AvgIpc) is 2.26. The lowest BCUT2D eigenvalue weighted by Crippen LogP contribution is -2.46. The molecule has 0 aromatic carbocycles. The molecule has 0 aliphatic carbocycles. The van der Waals surface area contributed by atoms with Gasteiger partial charge >= 0.3 is 5.97 Å². The minimum Gasteiger partial charge on any atom is -0.490 e. The molecule has 102 valence electrons. The third kappa shape index (κ3) is 2.99. The van der Waals surface area contributed by atoms with Gasteiger partial charge in [-0.05, 0) is 20.8 Å². The molecule has 0 saturated carbocycles. The second kappa shape index (κ2) is 6.05. The van der Waals surface area contributed by atoms with E-state index < -0.39 is 15.3 Å². The number of alkyl halides is 3. The summed E-state index contributed by atoms with van der Waals surface area (Å²) in [6, 6.07) is 0. The zero-order valence-corrected chi connectivity index (χ0v) is 14.9. The van der Waals surface area contributed by atoms with Gasteiger partial charge in [-0.15, -0.1) is 0 Å². The first-order chi connectivity index (χ1) is 8.23. The Bertz CT molecular complexity index is 401. The summed E-state index contributed by atoms with van der Waals surface area (Å²) in [6.07, 6.45) is -0.446. The third-order valence-electron chi connectivity index (χ3n) is 2.43. The van der Waals surface area contributed by atoms with E-state index in [9.17, 15) is 9.59 Å². The van der Waals surface area contributed by atoms with Gasteiger partial charge < -0.3 is 9.47 Å². The van der Waals surface area contributed by atoms with Crippen LogP contribution in [0.3, 0.4) is 0 Å². The normalized spacial score (nSPS) is 24.6. The molecule has 0 spiro atoms. The van der Waals surface area contributed by atoms with Gasteiger partial charge in [-0.25, -0.2) is 4.79 Å². The van der Waals surface area contributed by atoms with Gasteiger partial charge in [0.15, 0.2) is 3.23 Å². The SMILES string of the molecule is CCOC(=O)C1=C(C(C)Br)OC(C)C(Br)(Br)C1=O. The summed E-state index contributed by atoms with van der Waals surface area (Å²) in [6.45, 7) is 5.40. The number of carbonyl (C=O) groups is 2. The maximum Gasteiger partial charge on any atom is 0.345 e. The number of carbonyl (C=O) groups excluding carboxylic acids is 2. The summed E-state index contributed by atoms with van der Waals surface area (Å²) in [5.41, 5.74) is -0.0620. The van der Waals surface area contributed by atoms with Crippen LogP contribution in [0.5, 0.6) is 0 Å². The van der Waals surface area contributed by atoms with Gasteiger partial charge in [0.05, 0.1) is 11.4 Å². The highest BCUT2D eigenvalue weighted by molar-refractivity contribution is 9.26. The van der Waals surface area contributed by atoms with Crippen molar-refractivity contribution in [2.45, 2.75) is 34.9 Å². The summed E-state index contributed by atoms with van der Waals surface area (Å²) in [7, 11) is 0. The molecule has 0 amide bonds. The quantitative estimate of drug-likeness (QED) is 0.378. The zero-order chi connectivity index (χ0) is 14.1. The van der Waals surface area contributed by atoms with Crippen LogP contribution in [0.1, 0.15) is 20.8 Å². The largest absolute Gasteiger partial charge is 0.490 e. The number of ether oxygens (including phenoxy) is 2. The van der Waals surface area contributed by atoms with Crippen LogP contribution in [0.25, 0.3) is 0 Å². The molecule has 0 radical (unpaired) electrons. The highest BCUT2D eigenvalue weighted by atomic mass is 79.9. The van der Waals surface area contributed by atoms with Gasteiger partial charge in [-0.2, -0.15) is 0 Å². The molecule has 0 fully saturated rings. The number of hydrogen-bond acceptors (Lipinski definition) is 4. The van der Waals surface area contributed by atoms with Crippen LogP contribution in [0.4, 0.5) is 0 Å². The van der Waals surface area contributed by atoms with Crippen molar-refractivity contribution in [3.05, 3.63) is 11.3 Å². The zero-order valence-electron chi connectivity index (χ0n) is 10.1. The minimum atomic E-state index is -1.10. The first-order valence-electron chi connectivity index (χ1n) is 5.38. The van der Waals surface area contributed by atoms with Gasteiger partial charge in [-0.1, -0.05) is 47.8 Å². The number of hydrogen-bond donors (Lipinski definition) is 0. The Kier molecular flexibility index (Phi) is 5.44. The monoisotopic (exact) mass is 446 g/mol. The first kappa shape index (κ1) is 16.2. The van der Waals surface area contributed by atoms with Crippen molar-refractivity contribution in [1.29, 1.82) is 0 Å². The van der Waals surface area contributed by atoms with Gasteiger partial charge in [0.1, 0.15) is 17.4 Å². The van der Waals surface area contributed by atoms with Crippen LogP contribution in [0.15, 0.2) is 11.3 Å². The summed E-state index contributed by atoms with van der Waals surface area (Å²) >= 11 is 9.80. The predicted octanol–water partition coefficient (Wildman–Crippen LogP) is 3.06. The number of allylic oxidation sites excluding steroid dienone is 1. The van der Waals surface area contributed by atoms with Crippen molar-refractivity contribution in [3.8, 4) is 0 Å². The highest BCUT2D eigenvalue weighted by Crippen LogP contribution is 2.42. The number of esters is 1. The van der Waals surface area contributed by atoms with Gasteiger partial charge in [-0.3, -0.25) is 4.79 Å². The summed E-state index contributed by atoms with van der Waals surface area (Å²) in [5.74, 6) is -0.750. The molecule has 0 saturated heterocycles. The number of Topliss-reactive ketones (excluding diaryl/α,β-unsaturated/α-hetero) is 1. The van der Waals surface area contributed by atoms with Gasteiger partial charge in [0.2, 0.25) is 5.78 Å². The number of ketones is 1. The Balaban J connectivity index is 3.29. The molecule has 1 heterocycles. The molecule has 1 aliphatic heterocycles. The van der Waals surface area contributed by atoms with Crippen LogP contribution >= 0.6 is 47.8 Å². The smallest absolute Gasteiger partial charge is 0.345 e. The first-order valence-corrected chi connectivity index (χ1v) is 7.88. The molecule has 18 heavy (non-hydrogen) atoms. The molecule has 0 bridgehead atoms. The number of halogens is 3. The maximum atomic E-state index is 12.3. The van der Waals surface area contributed by atoms with E-state index in [-0.39, 0.29) is 22.8 Å². The molecule has 0 aromatic rings. The Hall–Kier alpha value is 0.120. The summed E-state index contributed by atoms with van der Waals surface area (Å²) in [4.78, 5) is 24.0. The lowest BCUT2D eigenvalue weighted by molar-refractivity contribution is -0.141. The standard InChI is InChI=1S/C11H13Br3O4/c1-4-17-10(16)7-8(5(2)12)18-6(3)11(13,14)9(7)15/h5-6H,4H2,1-3H3. The molecule has 7 heteroatoms. The lowest BCUT2D eigenvalue weighted by atomic mass is 10.00. The second-order valence-corrected chi connectivity index (χ2v) is 8.73. The van der Waals surface area contributed by atoms with E-state index in [1.54, 1.807) is 20.8 Å². The molecule has 1 aliphatic rings. The van der Waals surface area contributed by atoms with Crippen molar-refractivity contribution in [2.75, 3.05) is 6.61 Å². The van der Waals surface area contributed by atoms with E-state index in [0.29, 0.717) is 5.76 Å². The molecule has 1 rings (SSSR count). The summed E-state index contributed by atoms with van der Waals surface area (Å²) in [5, 5.41) is 0. The summed E-state index contributed by atoms with van der Waals surface area (Å²) < 4.78 is 9.43. The molecule has 0 N–H and O–H groups in total. The second-order valence-electron chi connectivity index (χ2n) is 3.79. The molecule has 2 atom stereocenters. The van der Waals surface area contributed by atoms with Crippen LogP contribution < -0.4 is 0 Å². The topological polar surface area (TPSA) is 52.6 Å². The van der Waals surface area contributed by atoms with Crippen molar-refractivity contribution >= 4 is 59.5 Å².